The quantitative estimate of drug-likeness (QED) is 0.583. The minimum Gasteiger partial charge on any atom is -0.496 e. The third-order valence-electron chi connectivity index (χ3n) is 2.69. The van der Waals surface area contributed by atoms with E-state index in [0.717, 1.165) is 12.0 Å². The van der Waals surface area contributed by atoms with Crippen molar-refractivity contribution in [1.82, 2.24) is 5.32 Å². The molecule has 20 heavy (non-hydrogen) atoms. The maximum atomic E-state index is 11.7. The molecule has 0 saturated heterocycles. The van der Waals surface area contributed by atoms with Crippen LogP contribution < -0.4 is 14.8 Å². The molecule has 0 atom stereocenters. The molecule has 110 valence electrons. The summed E-state index contributed by atoms with van der Waals surface area (Å²) < 4.78 is 15.4. The monoisotopic (exact) mass is 279 g/mol. The second kappa shape index (κ2) is 8.98. The van der Waals surface area contributed by atoms with E-state index in [1.54, 1.807) is 27.4 Å². The van der Waals surface area contributed by atoms with E-state index in [9.17, 15) is 4.79 Å². The van der Waals surface area contributed by atoms with Crippen molar-refractivity contribution in [2.24, 2.45) is 0 Å². The van der Waals surface area contributed by atoms with Crippen molar-refractivity contribution < 1.29 is 19.0 Å². The molecule has 0 fully saturated rings. The third-order valence-corrected chi connectivity index (χ3v) is 2.69. The maximum Gasteiger partial charge on any atom is 0.244 e. The van der Waals surface area contributed by atoms with Crippen molar-refractivity contribution in [3.63, 3.8) is 0 Å². The van der Waals surface area contributed by atoms with Gasteiger partial charge < -0.3 is 19.5 Å². The van der Waals surface area contributed by atoms with E-state index in [0.29, 0.717) is 24.7 Å². The first-order valence-electron chi connectivity index (χ1n) is 6.38. The summed E-state index contributed by atoms with van der Waals surface area (Å²) in [4.78, 5) is 11.7. The molecule has 0 spiro atoms. The Labute approximate surface area is 119 Å². The molecule has 5 nitrogen and oxygen atoms in total. The van der Waals surface area contributed by atoms with Crippen LogP contribution in [0, 0.1) is 0 Å². The highest BCUT2D eigenvalue weighted by Gasteiger charge is 2.06. The molecule has 5 heteroatoms. The van der Waals surface area contributed by atoms with Gasteiger partial charge in [-0.3, -0.25) is 4.79 Å². The number of benzene rings is 1. The van der Waals surface area contributed by atoms with Crippen LogP contribution in [0.25, 0.3) is 6.08 Å². The Hall–Kier alpha value is -2.01. The fraction of sp³-hybridized carbons (Fsp3) is 0.400. The van der Waals surface area contributed by atoms with Crippen LogP contribution in [-0.2, 0) is 9.53 Å². The van der Waals surface area contributed by atoms with Crippen molar-refractivity contribution >= 4 is 12.0 Å². The Morgan fingerprint density at radius 1 is 1.20 bits per heavy atom. The van der Waals surface area contributed by atoms with E-state index < -0.39 is 0 Å². The number of nitrogens with one attached hydrogen (secondary N) is 1. The highest BCUT2D eigenvalue weighted by molar-refractivity contribution is 5.92. The number of amides is 1. The lowest BCUT2D eigenvalue weighted by Crippen LogP contribution is -2.22. The lowest BCUT2D eigenvalue weighted by Gasteiger charge is -2.09. The molecule has 0 aliphatic rings. The van der Waals surface area contributed by atoms with Gasteiger partial charge >= 0.3 is 0 Å². The molecule has 0 heterocycles. The van der Waals surface area contributed by atoms with Gasteiger partial charge in [0.1, 0.15) is 11.5 Å². The number of rotatable bonds is 8. The van der Waals surface area contributed by atoms with Crippen molar-refractivity contribution in [3.8, 4) is 11.5 Å². The minimum atomic E-state index is -0.158. The zero-order valence-corrected chi connectivity index (χ0v) is 12.1. The average Bonchev–Trinajstić information content (AvgIpc) is 2.49. The predicted octanol–water partition coefficient (Wildman–Crippen LogP) is 1.87. The van der Waals surface area contributed by atoms with Crippen LogP contribution in [0.15, 0.2) is 24.3 Å². The van der Waals surface area contributed by atoms with Crippen LogP contribution in [-0.4, -0.2) is 40.4 Å². The summed E-state index contributed by atoms with van der Waals surface area (Å²) >= 11 is 0. The van der Waals surface area contributed by atoms with Crippen molar-refractivity contribution in [2.75, 3.05) is 34.5 Å². The molecule has 0 aliphatic heterocycles. The van der Waals surface area contributed by atoms with Gasteiger partial charge in [0.2, 0.25) is 5.91 Å². The Balaban J connectivity index is 2.67. The largest absolute Gasteiger partial charge is 0.496 e. The first-order valence-corrected chi connectivity index (χ1v) is 6.38. The summed E-state index contributed by atoms with van der Waals surface area (Å²) in [5.74, 6) is 1.16. The van der Waals surface area contributed by atoms with Crippen LogP contribution >= 0.6 is 0 Å². The number of methoxy groups -OCH3 is 3. The van der Waals surface area contributed by atoms with Gasteiger partial charge in [-0.15, -0.1) is 0 Å². The van der Waals surface area contributed by atoms with E-state index >= 15 is 0 Å². The summed E-state index contributed by atoms with van der Waals surface area (Å²) in [6.45, 7) is 1.21. The minimum absolute atomic E-state index is 0.158. The molecule has 1 aromatic rings. The molecule has 0 aliphatic carbocycles. The molecule has 0 bridgehead atoms. The maximum absolute atomic E-state index is 11.7. The first-order chi connectivity index (χ1) is 9.72. The smallest absolute Gasteiger partial charge is 0.244 e. The second-order valence-corrected chi connectivity index (χ2v) is 4.05. The van der Waals surface area contributed by atoms with E-state index in [1.165, 1.54) is 6.08 Å². The van der Waals surface area contributed by atoms with Gasteiger partial charge in [-0.1, -0.05) is 6.07 Å². The second-order valence-electron chi connectivity index (χ2n) is 4.05. The Morgan fingerprint density at radius 3 is 2.40 bits per heavy atom. The van der Waals surface area contributed by atoms with E-state index in [1.807, 2.05) is 18.2 Å². The highest BCUT2D eigenvalue weighted by atomic mass is 16.5. The first kappa shape index (κ1) is 16.0. The van der Waals surface area contributed by atoms with Gasteiger partial charge in [0, 0.05) is 26.3 Å². The van der Waals surface area contributed by atoms with E-state index in [2.05, 4.69) is 5.32 Å². The lowest BCUT2D eigenvalue weighted by molar-refractivity contribution is -0.116. The molecule has 1 amide bonds. The summed E-state index contributed by atoms with van der Waals surface area (Å²) in [6.07, 6.45) is 3.94. The van der Waals surface area contributed by atoms with Crippen LogP contribution in [0.5, 0.6) is 11.5 Å². The zero-order valence-electron chi connectivity index (χ0n) is 12.1. The number of carbonyl (C=O) groups excluding carboxylic acids is 1. The summed E-state index contributed by atoms with van der Waals surface area (Å²) in [6, 6.07) is 5.47. The SMILES string of the molecule is COCCCNC(=O)/C=C/c1c(OC)cccc1OC. The fourth-order valence-electron chi connectivity index (χ4n) is 1.69. The van der Waals surface area contributed by atoms with Gasteiger partial charge in [0.15, 0.2) is 0 Å². The van der Waals surface area contributed by atoms with E-state index in [-0.39, 0.29) is 5.91 Å². The number of hydrogen-bond donors (Lipinski definition) is 1. The molecule has 0 aromatic heterocycles. The molecular weight excluding hydrogens is 258 g/mol. The van der Waals surface area contributed by atoms with Crippen molar-refractivity contribution in [3.05, 3.63) is 29.8 Å². The summed E-state index contributed by atoms with van der Waals surface area (Å²) in [5.41, 5.74) is 0.740. The van der Waals surface area contributed by atoms with Crippen molar-refractivity contribution in [2.45, 2.75) is 6.42 Å². The van der Waals surface area contributed by atoms with Gasteiger partial charge in [-0.05, 0) is 24.6 Å². The molecule has 0 saturated carbocycles. The molecule has 0 unspecified atom stereocenters. The molecule has 1 N–H and O–H groups in total. The zero-order chi connectivity index (χ0) is 14.8. The Bertz CT molecular complexity index is 435. The van der Waals surface area contributed by atoms with Crippen LogP contribution in [0.1, 0.15) is 12.0 Å². The Kier molecular flexibility index (Phi) is 7.21. The molecule has 1 aromatic carbocycles. The number of hydrogen-bond acceptors (Lipinski definition) is 4. The van der Waals surface area contributed by atoms with Gasteiger partial charge in [0.05, 0.1) is 19.8 Å². The molecule has 1 rings (SSSR count). The third kappa shape index (κ3) is 4.93. The number of ether oxygens (including phenoxy) is 3. The highest BCUT2D eigenvalue weighted by Crippen LogP contribution is 2.29. The lowest BCUT2D eigenvalue weighted by atomic mass is 10.1. The van der Waals surface area contributed by atoms with Crippen LogP contribution in [0.4, 0.5) is 0 Å². The summed E-state index contributed by atoms with van der Waals surface area (Å²) in [7, 11) is 4.80. The summed E-state index contributed by atoms with van der Waals surface area (Å²) in [5, 5.41) is 2.78. The van der Waals surface area contributed by atoms with E-state index in [4.69, 9.17) is 14.2 Å². The van der Waals surface area contributed by atoms with Gasteiger partial charge in [-0.2, -0.15) is 0 Å². The molecule has 0 radical (unpaired) electrons. The predicted molar refractivity (Wildman–Crippen MR) is 78.1 cm³/mol. The van der Waals surface area contributed by atoms with Crippen LogP contribution in [0.2, 0.25) is 0 Å². The number of carbonyl (C=O) groups is 1. The Morgan fingerprint density at radius 2 is 1.85 bits per heavy atom. The topological polar surface area (TPSA) is 56.8 Å². The van der Waals surface area contributed by atoms with Crippen LogP contribution in [0.3, 0.4) is 0 Å². The fourth-order valence-corrected chi connectivity index (χ4v) is 1.69. The van der Waals surface area contributed by atoms with Crippen molar-refractivity contribution in [1.29, 1.82) is 0 Å². The molecular formula is C15H21NO4. The van der Waals surface area contributed by atoms with Gasteiger partial charge in [0.25, 0.3) is 0 Å². The van der Waals surface area contributed by atoms with Gasteiger partial charge in [-0.25, -0.2) is 0 Å². The average molecular weight is 279 g/mol. The normalized spacial score (nSPS) is 10.6. The standard InChI is InChI=1S/C15H21NO4/c1-18-11-5-10-16-15(17)9-8-12-13(19-2)6-4-7-14(12)20-3/h4,6-9H,5,10-11H2,1-3H3,(H,16,17)/b9-8+.